The maximum atomic E-state index is 11.1. The number of benzene rings is 1. The van der Waals surface area contributed by atoms with Crippen LogP contribution in [-0.4, -0.2) is 31.8 Å². The third-order valence-electron chi connectivity index (χ3n) is 2.41. The summed E-state index contributed by atoms with van der Waals surface area (Å²) in [7, 11) is 2.92. The van der Waals surface area contributed by atoms with Gasteiger partial charge in [-0.25, -0.2) is 0 Å². The molecule has 0 aromatic heterocycles. The van der Waals surface area contributed by atoms with Gasteiger partial charge in [0.1, 0.15) is 11.5 Å². The second-order valence-electron chi connectivity index (χ2n) is 3.36. The Hall–Kier alpha value is -1.46. The van der Waals surface area contributed by atoms with E-state index in [-0.39, 0.29) is 6.54 Å². The third kappa shape index (κ3) is 2.81. The zero-order valence-corrected chi connectivity index (χ0v) is 10.3. The topological polar surface area (TPSA) is 81.8 Å². The van der Waals surface area contributed by atoms with Crippen LogP contribution in [0.3, 0.4) is 0 Å². The molecule has 0 heterocycles. The van der Waals surface area contributed by atoms with Crippen LogP contribution in [0.2, 0.25) is 5.02 Å². The van der Waals surface area contributed by atoms with Gasteiger partial charge in [0.25, 0.3) is 0 Å². The number of carboxylic acids is 1. The molecular formula is C11H14ClNO4. The lowest BCUT2D eigenvalue weighted by atomic mass is 9.98. The van der Waals surface area contributed by atoms with Gasteiger partial charge in [-0.1, -0.05) is 11.6 Å². The lowest BCUT2D eigenvalue weighted by molar-refractivity contribution is -0.138. The SMILES string of the molecule is COc1cc(OC)c(C(CN)C(=O)O)cc1Cl. The lowest BCUT2D eigenvalue weighted by Crippen LogP contribution is -2.21. The number of methoxy groups -OCH3 is 2. The number of ether oxygens (including phenoxy) is 2. The van der Waals surface area contributed by atoms with Crippen LogP contribution in [0.1, 0.15) is 11.5 Å². The van der Waals surface area contributed by atoms with Crippen LogP contribution in [-0.2, 0) is 4.79 Å². The molecule has 0 aliphatic heterocycles. The molecule has 0 bridgehead atoms. The molecule has 1 atom stereocenters. The Kier molecular flexibility index (Phi) is 4.60. The van der Waals surface area contributed by atoms with E-state index >= 15 is 0 Å². The summed E-state index contributed by atoms with van der Waals surface area (Å²) in [5.74, 6) is -1.06. The quantitative estimate of drug-likeness (QED) is 0.837. The minimum atomic E-state index is -1.02. The van der Waals surface area contributed by atoms with E-state index in [1.54, 1.807) is 6.07 Å². The summed E-state index contributed by atoms with van der Waals surface area (Å²) in [6.45, 7) is -0.0334. The van der Waals surface area contributed by atoms with Gasteiger partial charge in [0.15, 0.2) is 0 Å². The zero-order valence-electron chi connectivity index (χ0n) is 9.57. The highest BCUT2D eigenvalue weighted by molar-refractivity contribution is 6.32. The molecule has 0 radical (unpaired) electrons. The summed E-state index contributed by atoms with van der Waals surface area (Å²) in [5, 5.41) is 9.38. The van der Waals surface area contributed by atoms with Crippen molar-refractivity contribution in [1.82, 2.24) is 0 Å². The molecule has 5 nitrogen and oxygen atoms in total. The summed E-state index contributed by atoms with van der Waals surface area (Å²) in [5.41, 5.74) is 5.88. The second kappa shape index (κ2) is 5.75. The number of carboxylic acid groups (broad SMARTS) is 1. The highest BCUT2D eigenvalue weighted by atomic mass is 35.5. The van der Waals surface area contributed by atoms with E-state index in [4.69, 9.17) is 31.9 Å². The first-order chi connectivity index (χ1) is 8.04. The molecule has 3 N–H and O–H groups in total. The van der Waals surface area contributed by atoms with Crippen molar-refractivity contribution in [1.29, 1.82) is 0 Å². The molecule has 0 spiro atoms. The second-order valence-corrected chi connectivity index (χ2v) is 3.76. The molecule has 17 heavy (non-hydrogen) atoms. The molecule has 1 unspecified atom stereocenters. The number of hydrogen-bond donors (Lipinski definition) is 2. The third-order valence-corrected chi connectivity index (χ3v) is 2.71. The summed E-state index contributed by atoms with van der Waals surface area (Å²) < 4.78 is 10.1. The average molecular weight is 260 g/mol. The summed E-state index contributed by atoms with van der Waals surface area (Å²) in [6, 6.07) is 3.05. The molecule has 0 saturated heterocycles. The Morgan fingerprint density at radius 3 is 2.41 bits per heavy atom. The summed E-state index contributed by atoms with van der Waals surface area (Å²) in [6.07, 6.45) is 0. The predicted octanol–water partition coefficient (Wildman–Crippen LogP) is 1.48. The fourth-order valence-corrected chi connectivity index (χ4v) is 1.77. The van der Waals surface area contributed by atoms with Crippen molar-refractivity contribution in [2.75, 3.05) is 20.8 Å². The standard InChI is InChI=1S/C11H14ClNO4/c1-16-9-4-10(17-2)8(12)3-6(9)7(5-13)11(14)15/h3-4,7H,5,13H2,1-2H3,(H,14,15). The van der Waals surface area contributed by atoms with Gasteiger partial charge in [-0.2, -0.15) is 0 Å². The fraction of sp³-hybridized carbons (Fsp3) is 0.364. The van der Waals surface area contributed by atoms with E-state index in [0.29, 0.717) is 22.1 Å². The maximum Gasteiger partial charge on any atom is 0.312 e. The largest absolute Gasteiger partial charge is 0.496 e. The van der Waals surface area contributed by atoms with Crippen molar-refractivity contribution in [3.63, 3.8) is 0 Å². The minimum absolute atomic E-state index is 0.0334. The molecule has 0 aliphatic carbocycles. The predicted molar refractivity (Wildman–Crippen MR) is 64.0 cm³/mol. The van der Waals surface area contributed by atoms with E-state index in [1.165, 1.54) is 20.3 Å². The van der Waals surface area contributed by atoms with Crippen molar-refractivity contribution in [2.24, 2.45) is 5.73 Å². The highest BCUT2D eigenvalue weighted by Gasteiger charge is 2.23. The van der Waals surface area contributed by atoms with Crippen LogP contribution in [0.4, 0.5) is 0 Å². The Labute approximate surface area is 104 Å². The molecule has 0 fully saturated rings. The van der Waals surface area contributed by atoms with Crippen LogP contribution in [0, 0.1) is 0 Å². The molecule has 0 amide bonds. The van der Waals surface area contributed by atoms with E-state index in [2.05, 4.69) is 0 Å². The van der Waals surface area contributed by atoms with E-state index in [0.717, 1.165) is 0 Å². The number of aliphatic carboxylic acids is 1. The number of hydrogen-bond acceptors (Lipinski definition) is 4. The highest BCUT2D eigenvalue weighted by Crippen LogP contribution is 2.36. The van der Waals surface area contributed by atoms with Crippen molar-refractivity contribution >= 4 is 17.6 Å². The average Bonchev–Trinajstić information content (AvgIpc) is 2.30. The van der Waals surface area contributed by atoms with Gasteiger partial charge in [0.05, 0.1) is 25.2 Å². The molecule has 1 aromatic carbocycles. The van der Waals surface area contributed by atoms with Gasteiger partial charge < -0.3 is 20.3 Å². The van der Waals surface area contributed by atoms with E-state index < -0.39 is 11.9 Å². The van der Waals surface area contributed by atoms with E-state index in [9.17, 15) is 4.79 Å². The van der Waals surface area contributed by atoms with Crippen LogP contribution in [0.25, 0.3) is 0 Å². The van der Waals surface area contributed by atoms with Gasteiger partial charge in [-0.3, -0.25) is 4.79 Å². The lowest BCUT2D eigenvalue weighted by Gasteiger charge is -2.16. The fourth-order valence-electron chi connectivity index (χ4n) is 1.52. The Balaban J connectivity index is 3.31. The van der Waals surface area contributed by atoms with Gasteiger partial charge in [0, 0.05) is 18.2 Å². The Bertz CT molecular complexity index is 422. The molecule has 6 heteroatoms. The molecular weight excluding hydrogens is 246 g/mol. The number of rotatable bonds is 5. The van der Waals surface area contributed by atoms with E-state index in [1.807, 2.05) is 0 Å². The van der Waals surface area contributed by atoms with Crippen molar-refractivity contribution < 1.29 is 19.4 Å². The zero-order chi connectivity index (χ0) is 13.0. The molecule has 1 rings (SSSR count). The van der Waals surface area contributed by atoms with Crippen LogP contribution >= 0.6 is 11.6 Å². The van der Waals surface area contributed by atoms with Crippen molar-refractivity contribution in [3.05, 3.63) is 22.7 Å². The number of halogens is 1. The molecule has 0 aliphatic rings. The van der Waals surface area contributed by atoms with Crippen LogP contribution in [0.5, 0.6) is 11.5 Å². The van der Waals surface area contributed by atoms with Crippen LogP contribution in [0.15, 0.2) is 12.1 Å². The van der Waals surface area contributed by atoms with Crippen molar-refractivity contribution in [3.8, 4) is 11.5 Å². The maximum absolute atomic E-state index is 11.1. The molecule has 1 aromatic rings. The molecule has 0 saturated carbocycles. The summed E-state index contributed by atoms with van der Waals surface area (Å²) >= 11 is 5.95. The van der Waals surface area contributed by atoms with Crippen molar-refractivity contribution in [2.45, 2.75) is 5.92 Å². The first-order valence-electron chi connectivity index (χ1n) is 4.89. The first kappa shape index (κ1) is 13.6. The van der Waals surface area contributed by atoms with Gasteiger partial charge in [0.2, 0.25) is 0 Å². The normalized spacial score (nSPS) is 12.0. The van der Waals surface area contributed by atoms with Gasteiger partial charge in [-0.05, 0) is 6.07 Å². The number of carbonyl (C=O) groups is 1. The monoisotopic (exact) mass is 259 g/mol. The van der Waals surface area contributed by atoms with Gasteiger partial charge in [-0.15, -0.1) is 0 Å². The smallest absolute Gasteiger partial charge is 0.312 e. The Morgan fingerprint density at radius 1 is 1.41 bits per heavy atom. The molecule has 94 valence electrons. The van der Waals surface area contributed by atoms with Gasteiger partial charge >= 0.3 is 5.97 Å². The minimum Gasteiger partial charge on any atom is -0.496 e. The first-order valence-corrected chi connectivity index (χ1v) is 5.27. The summed E-state index contributed by atoms with van der Waals surface area (Å²) in [4.78, 5) is 11.1. The van der Waals surface area contributed by atoms with Crippen LogP contribution < -0.4 is 15.2 Å². The number of nitrogens with two attached hydrogens (primary N) is 1. The Morgan fingerprint density at radius 2 is 2.00 bits per heavy atom.